The lowest BCUT2D eigenvalue weighted by Gasteiger charge is -2.33. The lowest BCUT2D eigenvalue weighted by atomic mass is 9.94. The summed E-state index contributed by atoms with van der Waals surface area (Å²) in [6, 6.07) is 8.84. The number of ether oxygens (including phenoxy) is 4. The summed E-state index contributed by atoms with van der Waals surface area (Å²) < 4.78 is 22.1. The third-order valence-electron chi connectivity index (χ3n) is 8.52. The van der Waals surface area contributed by atoms with Crippen molar-refractivity contribution in [1.29, 1.82) is 0 Å². The highest BCUT2D eigenvalue weighted by atomic mass is 16.6. The van der Waals surface area contributed by atoms with Crippen LogP contribution in [-0.2, 0) is 9.47 Å². The first kappa shape index (κ1) is 41.4. The molecule has 288 valence electrons. The van der Waals surface area contributed by atoms with Gasteiger partial charge >= 0.3 is 23.6 Å². The van der Waals surface area contributed by atoms with Gasteiger partial charge in [-0.25, -0.2) is 9.59 Å². The first-order valence-electron chi connectivity index (χ1n) is 17.6. The summed E-state index contributed by atoms with van der Waals surface area (Å²) in [5, 5.41) is 21.8. The largest absolute Gasteiger partial charge is 0.494 e. The molecule has 16 heteroatoms. The Morgan fingerprint density at radius 1 is 0.673 bits per heavy atom. The Bertz CT molecular complexity index is 1520. The number of hydrogen-bond acceptors (Lipinski definition) is 12. The molecule has 0 spiro atoms. The molecule has 2 fully saturated rings. The second-order valence-corrected chi connectivity index (χ2v) is 15.1. The maximum Gasteiger partial charge on any atom is 0.410 e. The Balaban J connectivity index is 0.000000284. The molecule has 0 unspecified atom stereocenters. The van der Waals surface area contributed by atoms with Gasteiger partial charge in [-0.05, 0) is 110 Å². The number of carbonyl (C=O) groups is 2. The van der Waals surface area contributed by atoms with E-state index in [1.807, 2.05) is 47.6 Å². The van der Waals surface area contributed by atoms with Crippen LogP contribution in [0.1, 0.15) is 80.1 Å². The van der Waals surface area contributed by atoms with Gasteiger partial charge in [-0.1, -0.05) is 0 Å². The van der Waals surface area contributed by atoms with Crippen LogP contribution in [0.5, 0.6) is 11.5 Å². The van der Waals surface area contributed by atoms with Gasteiger partial charge in [0.15, 0.2) is 0 Å². The van der Waals surface area contributed by atoms with Gasteiger partial charge in [-0.3, -0.25) is 20.2 Å². The smallest absolute Gasteiger partial charge is 0.410 e. The maximum absolute atomic E-state index is 12.1. The third kappa shape index (κ3) is 13.9. The summed E-state index contributed by atoms with van der Waals surface area (Å²) in [4.78, 5) is 47.8. The molecule has 2 aromatic rings. The van der Waals surface area contributed by atoms with Crippen LogP contribution in [0.2, 0.25) is 0 Å². The number of nitrogens with two attached hydrogens (primary N) is 2. The molecule has 2 saturated heterocycles. The Morgan fingerprint density at radius 3 is 1.46 bits per heavy atom. The van der Waals surface area contributed by atoms with E-state index in [2.05, 4.69) is 0 Å². The van der Waals surface area contributed by atoms with Crippen LogP contribution in [0, 0.1) is 32.1 Å². The number of hydrogen-bond donors (Lipinski definition) is 2. The molecule has 0 aromatic heterocycles. The predicted octanol–water partition coefficient (Wildman–Crippen LogP) is 7.19. The molecule has 0 atom stereocenters. The number of nitrogens with zero attached hydrogens (tertiary/aromatic N) is 4. The Morgan fingerprint density at radius 2 is 1.08 bits per heavy atom. The van der Waals surface area contributed by atoms with Crippen LogP contribution in [-0.4, -0.2) is 82.4 Å². The molecular formula is C36H54N6O10. The Labute approximate surface area is 305 Å². The highest BCUT2D eigenvalue weighted by Gasteiger charge is 2.29. The number of nitro benzene ring substituents is 2. The van der Waals surface area contributed by atoms with E-state index in [0.29, 0.717) is 49.5 Å². The zero-order chi connectivity index (χ0) is 38.6. The number of carbonyl (C=O) groups excluding carboxylic acids is 2. The minimum Gasteiger partial charge on any atom is -0.494 e. The van der Waals surface area contributed by atoms with Gasteiger partial charge in [0.2, 0.25) is 0 Å². The fraction of sp³-hybridized carbons (Fsp3) is 0.611. The highest BCUT2D eigenvalue weighted by molar-refractivity contribution is 5.68. The molecule has 4 rings (SSSR count). The average Bonchev–Trinajstić information content (AvgIpc) is 3.05. The number of piperidine rings is 2. The Hall–Kier alpha value is -5.02. The van der Waals surface area contributed by atoms with Crippen molar-refractivity contribution >= 4 is 34.9 Å². The van der Waals surface area contributed by atoms with Crippen LogP contribution in [0.15, 0.2) is 36.4 Å². The number of nitro groups is 2. The quantitative estimate of drug-likeness (QED) is 0.141. The van der Waals surface area contributed by atoms with Gasteiger partial charge in [0.05, 0.1) is 40.5 Å². The summed E-state index contributed by atoms with van der Waals surface area (Å²) >= 11 is 0. The van der Waals surface area contributed by atoms with Crippen molar-refractivity contribution in [2.45, 2.75) is 91.3 Å². The van der Waals surface area contributed by atoms with E-state index in [-0.39, 0.29) is 17.9 Å². The number of benzene rings is 2. The van der Waals surface area contributed by atoms with Gasteiger partial charge in [0, 0.05) is 38.3 Å². The molecule has 52 heavy (non-hydrogen) atoms. The molecule has 2 heterocycles. The van der Waals surface area contributed by atoms with E-state index in [1.165, 1.54) is 6.07 Å². The minimum atomic E-state index is -0.794. The monoisotopic (exact) mass is 730 g/mol. The van der Waals surface area contributed by atoms with Crippen molar-refractivity contribution in [3.8, 4) is 11.5 Å². The van der Waals surface area contributed by atoms with Crippen LogP contribution >= 0.6 is 0 Å². The van der Waals surface area contributed by atoms with E-state index in [9.17, 15) is 29.8 Å². The second-order valence-electron chi connectivity index (χ2n) is 15.1. The van der Waals surface area contributed by atoms with Gasteiger partial charge < -0.3 is 40.2 Å². The zero-order valence-corrected chi connectivity index (χ0v) is 31.1. The SMILES string of the molecule is CC(C)(C)OC(=O)N1CCC(CCOc2ccc(N)c(N)c2)CC1.CC(C)(C)OC(=O)N1CCC(CCOc2ccc([N+](=O)[O-])c([N+](=O)[O-])c2)CC1. The zero-order valence-electron chi connectivity index (χ0n) is 31.1. The normalized spacial score (nSPS) is 15.6. The van der Waals surface area contributed by atoms with Crippen LogP contribution in [0.3, 0.4) is 0 Å². The lowest BCUT2D eigenvalue weighted by molar-refractivity contribution is -0.422. The lowest BCUT2D eigenvalue weighted by Crippen LogP contribution is -2.41. The fourth-order valence-corrected chi connectivity index (χ4v) is 5.68. The first-order valence-corrected chi connectivity index (χ1v) is 17.6. The summed E-state index contributed by atoms with van der Waals surface area (Å²) in [6.45, 7) is 14.9. The molecule has 2 aliphatic rings. The van der Waals surface area contributed by atoms with Crippen molar-refractivity contribution < 1.29 is 38.4 Å². The number of rotatable bonds is 10. The van der Waals surface area contributed by atoms with Gasteiger partial charge in [0.1, 0.15) is 22.7 Å². The standard InChI is InChI=1S/C18H25N3O7.C18H29N3O3/c1-18(2,3)28-17(22)19-9-6-13(7-10-19)8-11-27-14-4-5-15(20(23)24)16(12-14)21(25)26;1-18(2,3)24-17(22)21-9-6-13(7-10-21)8-11-23-14-4-5-15(19)16(20)12-14/h4-5,12-13H,6-11H2,1-3H3;4-5,12-13H,6-11,19-20H2,1-3H3. The second kappa shape index (κ2) is 18.5. The Kier molecular flexibility index (Phi) is 14.7. The minimum absolute atomic E-state index is 0.213. The molecule has 2 amide bonds. The summed E-state index contributed by atoms with van der Waals surface area (Å²) in [7, 11) is 0. The number of nitrogen functional groups attached to an aromatic ring is 2. The molecule has 2 aliphatic heterocycles. The van der Waals surface area contributed by atoms with Gasteiger partial charge in [-0.15, -0.1) is 0 Å². The van der Waals surface area contributed by atoms with Crippen molar-refractivity contribution in [1.82, 2.24) is 9.80 Å². The molecule has 4 N–H and O–H groups in total. The highest BCUT2D eigenvalue weighted by Crippen LogP contribution is 2.31. The topological polar surface area (TPSA) is 216 Å². The van der Waals surface area contributed by atoms with Crippen LogP contribution in [0.25, 0.3) is 0 Å². The van der Waals surface area contributed by atoms with Crippen molar-refractivity contribution in [3.63, 3.8) is 0 Å². The van der Waals surface area contributed by atoms with Gasteiger partial charge in [0.25, 0.3) is 0 Å². The maximum atomic E-state index is 12.1. The molecule has 0 radical (unpaired) electrons. The van der Waals surface area contributed by atoms with E-state index in [1.54, 1.807) is 21.9 Å². The summed E-state index contributed by atoms with van der Waals surface area (Å²) in [5.41, 5.74) is 10.4. The number of likely N-dealkylation sites (tertiary alicyclic amines) is 2. The van der Waals surface area contributed by atoms with Crippen molar-refractivity contribution in [2.75, 3.05) is 50.9 Å². The summed E-state index contributed by atoms with van der Waals surface area (Å²) in [5.74, 6) is 1.90. The van der Waals surface area contributed by atoms with Crippen LogP contribution in [0.4, 0.5) is 32.3 Å². The van der Waals surface area contributed by atoms with E-state index in [0.717, 1.165) is 69.5 Å². The van der Waals surface area contributed by atoms with Gasteiger partial charge in [-0.2, -0.15) is 0 Å². The third-order valence-corrected chi connectivity index (χ3v) is 8.52. The number of amides is 2. The predicted molar refractivity (Wildman–Crippen MR) is 196 cm³/mol. The van der Waals surface area contributed by atoms with Crippen molar-refractivity contribution in [2.24, 2.45) is 11.8 Å². The van der Waals surface area contributed by atoms with Crippen LogP contribution < -0.4 is 20.9 Å². The van der Waals surface area contributed by atoms with Crippen molar-refractivity contribution in [3.05, 3.63) is 56.6 Å². The number of anilines is 2. The molecule has 0 saturated carbocycles. The molecule has 0 aliphatic carbocycles. The molecule has 0 bridgehead atoms. The molecule has 16 nitrogen and oxygen atoms in total. The van der Waals surface area contributed by atoms with E-state index in [4.69, 9.17) is 30.4 Å². The first-order chi connectivity index (χ1) is 24.3. The molecular weight excluding hydrogens is 676 g/mol. The molecule has 2 aromatic carbocycles. The average molecular weight is 731 g/mol. The fourth-order valence-electron chi connectivity index (χ4n) is 5.68. The summed E-state index contributed by atoms with van der Waals surface area (Å²) in [6.07, 6.45) is 4.78. The van der Waals surface area contributed by atoms with E-state index >= 15 is 0 Å². The van der Waals surface area contributed by atoms with E-state index < -0.39 is 32.4 Å².